The Morgan fingerprint density at radius 3 is 2.58 bits per heavy atom. The van der Waals surface area contributed by atoms with Gasteiger partial charge in [-0.15, -0.1) is 15.6 Å². The largest absolute Gasteiger partial charge is 0.489 e. The van der Waals surface area contributed by atoms with Crippen molar-refractivity contribution in [3.8, 4) is 5.75 Å². The quantitative estimate of drug-likeness (QED) is 0.0389. The lowest BCUT2D eigenvalue weighted by Gasteiger charge is -2.38. The van der Waals surface area contributed by atoms with Gasteiger partial charge in [0.2, 0.25) is 6.41 Å². The van der Waals surface area contributed by atoms with Crippen LogP contribution in [-0.4, -0.2) is 101 Å². The minimum absolute atomic E-state index is 0.0325. The number of ether oxygens (including phenoxy) is 1. The molecule has 3 heterocycles. The number of aromatic nitrogens is 1. The van der Waals surface area contributed by atoms with Crippen molar-refractivity contribution in [2.45, 2.75) is 77.5 Å². The molecule has 0 bridgehead atoms. The van der Waals surface area contributed by atoms with Crippen molar-refractivity contribution in [1.82, 2.24) is 15.4 Å². The van der Waals surface area contributed by atoms with Gasteiger partial charge in [0.1, 0.15) is 34.5 Å². The highest BCUT2D eigenvalue weighted by Gasteiger charge is 2.45. The number of fused-ring (bicyclic) bond motifs is 1. The fourth-order valence-electron chi connectivity index (χ4n) is 5.24. The van der Waals surface area contributed by atoms with Crippen molar-refractivity contribution in [3.05, 3.63) is 40.4 Å². The zero-order valence-corrected chi connectivity index (χ0v) is 29.8. The Kier molecular flexibility index (Phi) is 12.0. The molecule has 1 aromatic carbocycles. The molecule has 0 saturated carbocycles. The first-order valence-electron chi connectivity index (χ1n) is 15.8. The highest BCUT2D eigenvalue weighted by Crippen LogP contribution is 2.37. The van der Waals surface area contributed by atoms with E-state index >= 15 is 0 Å². The second-order valence-electron chi connectivity index (χ2n) is 12.8. The number of nitrogen functional groups attached to an aromatic ring is 1. The van der Waals surface area contributed by atoms with Crippen LogP contribution in [0.15, 0.2) is 38.6 Å². The third-order valence-corrected chi connectivity index (χ3v) is 9.96. The molecule has 0 fully saturated rings. The summed E-state index contributed by atoms with van der Waals surface area (Å²) in [7, 11) is -5.06. The molecule has 17 nitrogen and oxygen atoms in total. The van der Waals surface area contributed by atoms with Crippen LogP contribution in [0.2, 0.25) is 0 Å². The van der Waals surface area contributed by atoms with Gasteiger partial charge in [-0.25, -0.2) is 4.98 Å². The monoisotopic (exact) mass is 734 g/mol. The topological polar surface area (TPSA) is 262 Å². The number of nitrogens with one attached hydrogen (secondary N) is 1. The minimum atomic E-state index is -5.06. The number of hydroxylamine groups is 2. The van der Waals surface area contributed by atoms with E-state index in [9.17, 15) is 27.9 Å². The lowest BCUT2D eigenvalue weighted by Crippen LogP contribution is -2.58. The average molecular weight is 735 g/mol. The molecule has 2 aliphatic heterocycles. The van der Waals surface area contributed by atoms with E-state index in [0.717, 1.165) is 48.3 Å². The Hall–Kier alpha value is -4.46. The Labute approximate surface area is 293 Å². The lowest BCUT2D eigenvalue weighted by atomic mass is 9.80. The number of aliphatic imine (C=N–C) groups is 3. The second kappa shape index (κ2) is 15.6. The molecule has 2 aromatic rings. The molecule has 4 rings (SSSR count). The molecule has 19 heteroatoms. The zero-order chi connectivity index (χ0) is 36.9. The average Bonchev–Trinajstić information content (AvgIpc) is 3.46. The minimum Gasteiger partial charge on any atom is -0.489 e. The van der Waals surface area contributed by atoms with E-state index in [2.05, 4.69) is 29.6 Å². The number of hydrogen-bond acceptors (Lipinski definition) is 13. The normalized spacial score (nSPS) is 18.4. The van der Waals surface area contributed by atoms with Gasteiger partial charge < -0.3 is 26.6 Å². The number of thiazole rings is 1. The number of carbonyl (C=O) groups excluding carboxylic acids is 2. The van der Waals surface area contributed by atoms with Gasteiger partial charge in [-0.05, 0) is 77.1 Å². The highest BCUT2D eigenvalue weighted by molar-refractivity contribution is 7.80. The second-order valence-corrected chi connectivity index (χ2v) is 14.7. The summed E-state index contributed by atoms with van der Waals surface area (Å²) in [5.74, 6) is -1.11. The first kappa shape index (κ1) is 38.3. The summed E-state index contributed by atoms with van der Waals surface area (Å²) in [5, 5.41) is 15.0. The van der Waals surface area contributed by atoms with Crippen molar-refractivity contribution in [2.75, 3.05) is 25.4 Å². The molecular formula is C31H42N8O9S2. The maximum absolute atomic E-state index is 13.6. The number of hydrogen-bond donors (Lipinski definition) is 5. The standard InChI is InChI=1S/C31H42N8O9S2/c1-18(30(2,3)39(17-40)48-50(44,45)46)37-27(41)25(22-15-49-29(33)38-22)36-16-31(4,28(42)43)24-10-8-19-14-20(7-9-23(19)47-24)26(32)35-12-5-6-21-11-13-34-21/h7,9,14-15,17-18,24H,5-6,8,10-13,16H2,1-4H3,(H2,32,35)(H2,33,38)(H,37,41)(H,42,43)(H,44,45,46). The smallest absolute Gasteiger partial charge is 0.418 e. The fraction of sp³-hybridized carbons (Fsp3) is 0.516. The Bertz CT molecular complexity index is 1810. The maximum Gasteiger partial charge on any atom is 0.418 e. The van der Waals surface area contributed by atoms with E-state index in [0.29, 0.717) is 36.0 Å². The Morgan fingerprint density at radius 2 is 2.00 bits per heavy atom. The molecule has 7 N–H and O–H groups in total. The summed E-state index contributed by atoms with van der Waals surface area (Å²) >= 11 is 1.04. The molecule has 3 unspecified atom stereocenters. The molecule has 0 saturated heterocycles. The van der Waals surface area contributed by atoms with E-state index in [4.69, 9.17) is 20.8 Å². The number of nitrogens with zero attached hydrogens (tertiary/aromatic N) is 5. The summed E-state index contributed by atoms with van der Waals surface area (Å²) in [6.45, 7) is 6.80. The van der Waals surface area contributed by atoms with Gasteiger partial charge in [0.25, 0.3) is 5.91 Å². The zero-order valence-electron chi connectivity index (χ0n) is 28.2. The maximum atomic E-state index is 13.6. The van der Waals surface area contributed by atoms with Crippen molar-refractivity contribution < 1.29 is 41.5 Å². The first-order valence-corrected chi connectivity index (χ1v) is 18.0. The number of carboxylic acids is 1. The molecule has 3 atom stereocenters. The van der Waals surface area contributed by atoms with Gasteiger partial charge in [0.05, 0.1) is 18.1 Å². The van der Waals surface area contributed by atoms with Gasteiger partial charge in [-0.2, -0.15) is 13.5 Å². The van der Waals surface area contributed by atoms with Gasteiger partial charge in [-0.1, -0.05) is 0 Å². The van der Waals surface area contributed by atoms with Crippen molar-refractivity contribution in [2.24, 2.45) is 26.1 Å². The van der Waals surface area contributed by atoms with Crippen LogP contribution in [0, 0.1) is 5.41 Å². The summed E-state index contributed by atoms with van der Waals surface area (Å²) < 4.78 is 42.2. The summed E-state index contributed by atoms with van der Waals surface area (Å²) in [6, 6.07) is 4.40. The van der Waals surface area contributed by atoms with Crippen molar-refractivity contribution >= 4 is 62.4 Å². The predicted molar refractivity (Wildman–Crippen MR) is 187 cm³/mol. The Balaban J connectivity index is 1.52. The van der Waals surface area contributed by atoms with E-state index < -0.39 is 51.9 Å². The van der Waals surface area contributed by atoms with Crippen LogP contribution in [0.1, 0.15) is 70.2 Å². The molecule has 2 amide bonds. The van der Waals surface area contributed by atoms with Crippen LogP contribution in [0.25, 0.3) is 0 Å². The SMILES string of the molecule is CC(NC(=O)C(=NCC(C)(C(=O)O)C1CCc2cc(C(N)=NCCCC3=NCC3)ccc2O1)c1csc(N)n1)C(C)(C)N(C=O)OS(=O)(=O)O. The van der Waals surface area contributed by atoms with Crippen molar-refractivity contribution in [3.63, 3.8) is 0 Å². The number of amides is 2. The number of amidine groups is 1. The van der Waals surface area contributed by atoms with E-state index in [1.165, 1.54) is 38.8 Å². The third-order valence-electron chi connectivity index (χ3n) is 8.93. The first-order chi connectivity index (χ1) is 23.4. The van der Waals surface area contributed by atoms with Crippen LogP contribution in [0.3, 0.4) is 0 Å². The molecule has 50 heavy (non-hydrogen) atoms. The number of aliphatic carboxylic acids is 1. The molecule has 0 spiro atoms. The van der Waals surface area contributed by atoms with Crippen LogP contribution in [0.5, 0.6) is 5.75 Å². The van der Waals surface area contributed by atoms with Crippen LogP contribution in [0.4, 0.5) is 5.13 Å². The summed E-state index contributed by atoms with van der Waals surface area (Å²) in [5.41, 5.74) is 11.6. The lowest BCUT2D eigenvalue weighted by molar-refractivity contribution is -0.166. The van der Waals surface area contributed by atoms with E-state index in [1.807, 2.05) is 6.07 Å². The molecule has 272 valence electrons. The molecule has 2 aliphatic rings. The number of aryl methyl sites for hydroxylation is 1. The molecule has 1 aromatic heterocycles. The fourth-order valence-corrected chi connectivity index (χ4v) is 6.22. The number of rotatable bonds is 17. The summed E-state index contributed by atoms with van der Waals surface area (Å²) in [6.07, 6.45) is 2.87. The summed E-state index contributed by atoms with van der Waals surface area (Å²) in [4.78, 5) is 55.4. The van der Waals surface area contributed by atoms with Crippen LogP contribution in [-0.2, 0) is 35.5 Å². The van der Waals surface area contributed by atoms with E-state index in [-0.39, 0.29) is 22.9 Å². The van der Waals surface area contributed by atoms with Crippen LogP contribution >= 0.6 is 11.3 Å². The number of carboxylic acid groups (broad SMARTS) is 1. The third kappa shape index (κ3) is 9.20. The predicted octanol–water partition coefficient (Wildman–Crippen LogP) is 1.81. The number of anilines is 1. The Morgan fingerprint density at radius 1 is 1.28 bits per heavy atom. The molecule has 0 radical (unpaired) electrons. The van der Waals surface area contributed by atoms with Crippen molar-refractivity contribution in [1.29, 1.82) is 0 Å². The molecular weight excluding hydrogens is 693 g/mol. The highest BCUT2D eigenvalue weighted by atomic mass is 32.3. The van der Waals surface area contributed by atoms with Gasteiger partial charge in [-0.3, -0.25) is 33.9 Å². The van der Waals surface area contributed by atoms with Gasteiger partial charge >= 0.3 is 16.4 Å². The van der Waals surface area contributed by atoms with Crippen LogP contribution < -0.4 is 21.5 Å². The van der Waals surface area contributed by atoms with E-state index in [1.54, 1.807) is 12.1 Å². The molecule has 0 aliphatic carbocycles. The number of carbonyl (C=O) groups is 3. The number of nitrogens with two attached hydrogens (primary N) is 2. The van der Waals surface area contributed by atoms with Gasteiger partial charge in [0, 0.05) is 36.2 Å². The number of benzene rings is 1. The van der Waals surface area contributed by atoms with Gasteiger partial charge in [0.15, 0.2) is 5.13 Å².